The summed E-state index contributed by atoms with van der Waals surface area (Å²) in [5.74, 6) is -0.344. The topological polar surface area (TPSA) is 110 Å². The number of pyridine rings is 1. The number of aliphatic imine (C=N–C) groups is 1. The van der Waals surface area contributed by atoms with E-state index in [1.165, 1.54) is 24.0 Å². The zero-order chi connectivity index (χ0) is 16.7. The largest absolute Gasteiger partial charge is 0.505 e. The second kappa shape index (κ2) is 8.70. The molecule has 1 aromatic rings. The zero-order valence-corrected chi connectivity index (χ0v) is 13.4. The number of aromatic hydroxyl groups is 1. The van der Waals surface area contributed by atoms with Crippen molar-refractivity contribution in [1.82, 2.24) is 4.98 Å². The number of carboxylic acids is 1. The summed E-state index contributed by atoms with van der Waals surface area (Å²) >= 11 is 1.25. The molecule has 0 aliphatic carbocycles. The Kier molecular flexibility index (Phi) is 6.63. The molecule has 1 aliphatic rings. The third-order valence-corrected chi connectivity index (χ3v) is 3.96. The molecule has 2 heterocycles. The van der Waals surface area contributed by atoms with Crippen LogP contribution in [0.1, 0.15) is 5.69 Å². The first-order chi connectivity index (χ1) is 11.1. The summed E-state index contributed by atoms with van der Waals surface area (Å²) in [6, 6.07) is 0.630. The second-order valence-electron chi connectivity index (χ2n) is 4.59. The molecule has 0 fully saturated rings. The highest BCUT2D eigenvalue weighted by Crippen LogP contribution is 2.29. The molecule has 0 spiro atoms. The highest BCUT2D eigenvalue weighted by molar-refractivity contribution is 8.14. The Morgan fingerprint density at radius 1 is 1.39 bits per heavy atom. The van der Waals surface area contributed by atoms with Crippen LogP contribution in [0.3, 0.4) is 0 Å². The number of rotatable bonds is 9. The maximum Gasteiger partial charge on any atom is 0.329 e. The van der Waals surface area contributed by atoms with E-state index < -0.39 is 12.0 Å². The van der Waals surface area contributed by atoms with Crippen molar-refractivity contribution in [3.05, 3.63) is 18.0 Å². The molecule has 2 rings (SSSR count). The van der Waals surface area contributed by atoms with E-state index in [1.54, 1.807) is 7.11 Å². The molecular weight excluding hydrogens is 324 g/mol. The smallest absolute Gasteiger partial charge is 0.329 e. The molecule has 9 heteroatoms. The van der Waals surface area contributed by atoms with E-state index >= 15 is 0 Å². The van der Waals surface area contributed by atoms with Crippen LogP contribution in [0.15, 0.2) is 17.3 Å². The first-order valence-electron chi connectivity index (χ1n) is 6.94. The molecule has 0 radical (unpaired) electrons. The minimum atomic E-state index is -0.986. The first-order valence-corrected chi connectivity index (χ1v) is 7.92. The average molecular weight is 342 g/mol. The fourth-order valence-electron chi connectivity index (χ4n) is 1.77. The average Bonchev–Trinajstić information content (AvgIpc) is 3.01. The SMILES string of the molecule is COCCOCCOc1cnc(C2=N[C@@H](C(=O)O)CS2)c(O)c1. The van der Waals surface area contributed by atoms with E-state index in [2.05, 4.69) is 9.98 Å². The Morgan fingerprint density at radius 2 is 2.17 bits per heavy atom. The minimum Gasteiger partial charge on any atom is -0.505 e. The fourth-order valence-corrected chi connectivity index (χ4v) is 2.80. The van der Waals surface area contributed by atoms with Crippen LogP contribution in [0.5, 0.6) is 11.5 Å². The number of nitrogens with zero attached hydrogens (tertiary/aromatic N) is 2. The molecule has 2 N–H and O–H groups in total. The van der Waals surface area contributed by atoms with Crippen molar-refractivity contribution in [2.45, 2.75) is 6.04 Å². The van der Waals surface area contributed by atoms with Crippen molar-refractivity contribution < 1.29 is 29.2 Å². The molecule has 0 amide bonds. The van der Waals surface area contributed by atoms with Gasteiger partial charge in [0.1, 0.15) is 28.8 Å². The quantitative estimate of drug-likeness (QED) is 0.633. The van der Waals surface area contributed by atoms with Crippen LogP contribution >= 0.6 is 11.8 Å². The lowest BCUT2D eigenvalue weighted by Crippen LogP contribution is -2.17. The fraction of sp³-hybridized carbons (Fsp3) is 0.500. The Balaban J connectivity index is 1.88. The van der Waals surface area contributed by atoms with Gasteiger partial charge in [-0.25, -0.2) is 9.78 Å². The number of methoxy groups -OCH3 is 1. The molecule has 0 saturated carbocycles. The predicted octanol–water partition coefficient (Wildman–Crippen LogP) is 0.776. The molecular formula is C14H18N2O6S. The molecule has 0 bridgehead atoms. The lowest BCUT2D eigenvalue weighted by atomic mass is 10.3. The van der Waals surface area contributed by atoms with Gasteiger partial charge >= 0.3 is 5.97 Å². The van der Waals surface area contributed by atoms with Crippen LogP contribution in [-0.4, -0.2) is 71.5 Å². The highest BCUT2D eigenvalue weighted by Gasteiger charge is 2.27. The summed E-state index contributed by atoms with van der Waals surface area (Å²) in [4.78, 5) is 19.0. The number of thioether (sulfide) groups is 1. The van der Waals surface area contributed by atoms with Crippen LogP contribution in [0, 0.1) is 0 Å². The summed E-state index contributed by atoms with van der Waals surface area (Å²) in [5.41, 5.74) is 0.266. The molecule has 126 valence electrons. The summed E-state index contributed by atoms with van der Waals surface area (Å²) in [6.45, 7) is 1.73. The molecule has 0 saturated heterocycles. The van der Waals surface area contributed by atoms with Crippen LogP contribution in [-0.2, 0) is 14.3 Å². The molecule has 23 heavy (non-hydrogen) atoms. The van der Waals surface area contributed by atoms with Gasteiger partial charge in [0.2, 0.25) is 0 Å². The molecule has 0 aromatic carbocycles. The van der Waals surface area contributed by atoms with E-state index in [0.717, 1.165) is 0 Å². The Labute approximate surface area is 137 Å². The summed E-state index contributed by atoms with van der Waals surface area (Å²) in [7, 11) is 1.60. The third kappa shape index (κ3) is 5.08. The number of hydrogen-bond acceptors (Lipinski definition) is 8. The van der Waals surface area contributed by atoms with Crippen molar-refractivity contribution in [3.8, 4) is 11.5 Å². The molecule has 1 aliphatic heterocycles. The second-order valence-corrected chi connectivity index (χ2v) is 5.60. The maximum atomic E-state index is 10.9. The lowest BCUT2D eigenvalue weighted by molar-refractivity contribution is -0.137. The number of aromatic nitrogens is 1. The molecule has 8 nitrogen and oxygen atoms in total. The van der Waals surface area contributed by atoms with E-state index in [4.69, 9.17) is 19.3 Å². The van der Waals surface area contributed by atoms with Gasteiger partial charge in [0.25, 0.3) is 0 Å². The molecule has 1 aromatic heterocycles. The van der Waals surface area contributed by atoms with Gasteiger partial charge in [-0.05, 0) is 0 Å². The Hall–Kier alpha value is -1.84. The van der Waals surface area contributed by atoms with Crippen molar-refractivity contribution in [2.24, 2.45) is 4.99 Å². The third-order valence-electron chi connectivity index (χ3n) is 2.91. The summed E-state index contributed by atoms with van der Waals surface area (Å²) in [6.07, 6.45) is 1.46. The highest BCUT2D eigenvalue weighted by atomic mass is 32.2. The maximum absolute atomic E-state index is 10.9. The Bertz CT molecular complexity index is 580. The predicted molar refractivity (Wildman–Crippen MR) is 84.5 cm³/mol. The number of carbonyl (C=O) groups is 1. The molecule has 0 unspecified atom stereocenters. The van der Waals surface area contributed by atoms with Crippen LogP contribution in [0.25, 0.3) is 0 Å². The van der Waals surface area contributed by atoms with E-state index in [0.29, 0.717) is 43.0 Å². The summed E-state index contributed by atoms with van der Waals surface area (Å²) < 4.78 is 15.5. The monoisotopic (exact) mass is 342 g/mol. The van der Waals surface area contributed by atoms with Crippen molar-refractivity contribution in [2.75, 3.05) is 39.3 Å². The Morgan fingerprint density at radius 3 is 2.83 bits per heavy atom. The van der Waals surface area contributed by atoms with Crippen molar-refractivity contribution in [3.63, 3.8) is 0 Å². The zero-order valence-electron chi connectivity index (χ0n) is 12.6. The van der Waals surface area contributed by atoms with Crippen molar-refractivity contribution in [1.29, 1.82) is 0 Å². The number of ether oxygens (including phenoxy) is 3. The van der Waals surface area contributed by atoms with E-state index in [9.17, 15) is 9.90 Å². The van der Waals surface area contributed by atoms with Gasteiger partial charge in [-0.3, -0.25) is 4.99 Å². The van der Waals surface area contributed by atoms with Crippen molar-refractivity contribution >= 4 is 22.8 Å². The first kappa shape index (κ1) is 17.5. The lowest BCUT2D eigenvalue weighted by Gasteiger charge is -2.08. The van der Waals surface area contributed by atoms with Crippen LogP contribution in [0.4, 0.5) is 0 Å². The number of hydrogen-bond donors (Lipinski definition) is 2. The van der Waals surface area contributed by atoms with Gasteiger partial charge in [0, 0.05) is 18.9 Å². The number of aliphatic carboxylic acids is 1. The number of carboxylic acid groups (broad SMARTS) is 1. The van der Waals surface area contributed by atoms with E-state index in [1.807, 2.05) is 0 Å². The van der Waals surface area contributed by atoms with Gasteiger partial charge in [0.05, 0.1) is 26.0 Å². The molecule has 1 atom stereocenters. The van der Waals surface area contributed by atoms with Gasteiger partial charge < -0.3 is 24.4 Å². The van der Waals surface area contributed by atoms with E-state index in [-0.39, 0.29) is 11.4 Å². The minimum absolute atomic E-state index is 0.0971. The van der Waals surface area contributed by atoms with Gasteiger partial charge in [-0.2, -0.15) is 0 Å². The van der Waals surface area contributed by atoms with Gasteiger partial charge in [0.15, 0.2) is 6.04 Å². The van der Waals surface area contributed by atoms with Gasteiger partial charge in [-0.15, -0.1) is 11.8 Å². The van der Waals surface area contributed by atoms with Crippen LogP contribution in [0.2, 0.25) is 0 Å². The van der Waals surface area contributed by atoms with Crippen LogP contribution < -0.4 is 4.74 Å². The van der Waals surface area contributed by atoms with Gasteiger partial charge in [-0.1, -0.05) is 0 Å². The summed E-state index contributed by atoms with van der Waals surface area (Å²) in [5, 5.41) is 19.4. The normalized spacial score (nSPS) is 17.1. The standard InChI is InChI=1S/C14H18N2O6S/c1-20-2-3-21-4-5-22-9-6-11(17)12(15-7-9)13-16-10(8-23-13)14(18)19/h6-7,10,17H,2-5,8H2,1H3,(H,18,19)/t10-/m1/s1.